The predicted octanol–water partition coefficient (Wildman–Crippen LogP) is 15.9. The van der Waals surface area contributed by atoms with Crippen LogP contribution in [0.15, 0.2) is 164 Å². The molecule has 93 heavy (non-hydrogen) atoms. The lowest BCUT2D eigenvalue weighted by molar-refractivity contribution is -0.141. The van der Waals surface area contributed by atoms with Crippen LogP contribution in [0.5, 0.6) is 0 Å². The molecule has 0 unspecified atom stereocenters. The lowest BCUT2D eigenvalue weighted by atomic mass is 9.84. The number of anilines is 3. The van der Waals surface area contributed by atoms with E-state index in [1.54, 1.807) is 25.7 Å². The smallest absolute Gasteiger partial charge is 0.410 e. The van der Waals surface area contributed by atoms with Gasteiger partial charge in [-0.2, -0.15) is 0 Å². The molecular weight excluding hydrogens is 1160 g/mol. The van der Waals surface area contributed by atoms with Gasteiger partial charge in [0, 0.05) is 87.3 Å². The van der Waals surface area contributed by atoms with Crippen LogP contribution < -0.4 is 21.7 Å². The lowest BCUT2D eigenvalue weighted by Crippen LogP contribution is -2.36. The molecule has 6 atom stereocenters. The molecule has 4 aliphatic heterocycles. The number of aliphatic carboxylic acids is 1. The molecular formula is C78H100N6O9. The highest BCUT2D eigenvalue weighted by atomic mass is 16.6. The number of amides is 4. The minimum Gasteiger partial charge on any atom is -0.481 e. The molecule has 15 heteroatoms. The van der Waals surface area contributed by atoms with Crippen LogP contribution in [0, 0.1) is 17.8 Å². The van der Waals surface area contributed by atoms with Crippen molar-refractivity contribution in [2.24, 2.45) is 17.8 Å². The maximum atomic E-state index is 13.3. The van der Waals surface area contributed by atoms with E-state index in [0.29, 0.717) is 37.4 Å². The second kappa shape index (κ2) is 33.2. The SMILES string of the molecule is CC(C)(C)OC(=O)N1C[C@@H](C(=O)Nc2ccc(C3CCCCC3)cc2)[C@H](c2ccccc2)C1.CC(C)(C)OC(=O)N1C[C@@H](C(=O)O)[C@H](c2ccccc2)C1.Nc1ccc(C2CCOCC2)cc1.O=C(Nc1ccc(C2CCCCC2)cc1)[C@@H]1CNC[C@H]1c1ccccc1. The molecule has 2 aliphatic carbocycles. The Morgan fingerprint density at radius 1 is 0.441 bits per heavy atom. The first kappa shape index (κ1) is 69.3. The van der Waals surface area contributed by atoms with Crippen molar-refractivity contribution in [2.45, 2.75) is 165 Å². The van der Waals surface area contributed by atoms with Crippen molar-refractivity contribution < 1.29 is 43.3 Å². The number of carbonyl (C=O) groups excluding carboxylic acids is 4. The molecule has 4 heterocycles. The number of hydrogen-bond acceptors (Lipinski definition) is 10. The van der Waals surface area contributed by atoms with Gasteiger partial charge in [-0.3, -0.25) is 14.4 Å². The maximum absolute atomic E-state index is 13.3. The van der Waals surface area contributed by atoms with Gasteiger partial charge >= 0.3 is 18.2 Å². The number of nitrogens with one attached hydrogen (secondary N) is 3. The van der Waals surface area contributed by atoms with E-state index in [9.17, 15) is 29.1 Å². The van der Waals surface area contributed by atoms with E-state index in [2.05, 4.69) is 76.6 Å². The highest BCUT2D eigenvalue weighted by Crippen LogP contribution is 2.39. The summed E-state index contributed by atoms with van der Waals surface area (Å²) in [5.41, 5.74) is 14.5. The van der Waals surface area contributed by atoms with E-state index in [0.717, 1.165) is 67.3 Å². The number of ether oxygens (including phenoxy) is 3. The zero-order chi connectivity index (χ0) is 65.9. The van der Waals surface area contributed by atoms with Gasteiger partial charge in [-0.1, -0.05) is 166 Å². The van der Waals surface area contributed by atoms with Gasteiger partial charge in [0.2, 0.25) is 11.8 Å². The number of carboxylic acids is 1. The quantitative estimate of drug-likeness (QED) is 0.0773. The van der Waals surface area contributed by atoms with Gasteiger partial charge in [0.1, 0.15) is 11.2 Å². The second-order valence-electron chi connectivity index (χ2n) is 28.1. The molecule has 6 N–H and O–H groups in total. The number of likely N-dealkylation sites (tertiary alicyclic amines) is 2. The topological polar surface area (TPSA) is 202 Å². The van der Waals surface area contributed by atoms with Crippen LogP contribution in [0.25, 0.3) is 0 Å². The molecule has 6 aromatic carbocycles. The minimum atomic E-state index is -0.880. The molecule has 0 bridgehead atoms. The van der Waals surface area contributed by atoms with Crippen LogP contribution in [0.3, 0.4) is 0 Å². The first-order valence-corrected chi connectivity index (χ1v) is 34.0. The molecule has 0 spiro atoms. The van der Waals surface area contributed by atoms with Crippen molar-refractivity contribution in [3.63, 3.8) is 0 Å². The highest BCUT2D eigenvalue weighted by Gasteiger charge is 2.43. The van der Waals surface area contributed by atoms with E-state index in [4.69, 9.17) is 19.9 Å². The fourth-order valence-corrected chi connectivity index (χ4v) is 14.0. The maximum Gasteiger partial charge on any atom is 0.410 e. The number of rotatable bonds is 11. The second-order valence-corrected chi connectivity index (χ2v) is 28.1. The molecule has 15 nitrogen and oxygen atoms in total. The zero-order valence-electron chi connectivity index (χ0n) is 55.6. The average Bonchev–Trinajstić information content (AvgIpc) is 1.71. The summed E-state index contributed by atoms with van der Waals surface area (Å²) < 4.78 is 16.2. The van der Waals surface area contributed by atoms with Crippen LogP contribution in [0.4, 0.5) is 26.7 Å². The Morgan fingerprint density at radius 3 is 1.22 bits per heavy atom. The Morgan fingerprint density at radius 2 is 0.806 bits per heavy atom. The zero-order valence-corrected chi connectivity index (χ0v) is 55.6. The minimum absolute atomic E-state index is 0.0181. The summed E-state index contributed by atoms with van der Waals surface area (Å²) in [6, 6.07) is 54.9. The fraction of sp³-hybridized carbons (Fsp3) is 0.474. The molecule has 0 aromatic heterocycles. The summed E-state index contributed by atoms with van der Waals surface area (Å²) >= 11 is 0. The largest absolute Gasteiger partial charge is 0.481 e. The normalized spacial score (nSPS) is 21.9. The molecule has 4 saturated heterocycles. The number of nitrogens with zero attached hydrogens (tertiary/aromatic N) is 2. The summed E-state index contributed by atoms with van der Waals surface area (Å²) in [5, 5.41) is 19.0. The Balaban J connectivity index is 0.000000153. The van der Waals surface area contributed by atoms with E-state index in [1.165, 1.54) is 91.4 Å². The monoisotopic (exact) mass is 1260 g/mol. The van der Waals surface area contributed by atoms with Crippen molar-refractivity contribution in [3.05, 3.63) is 197 Å². The predicted molar refractivity (Wildman–Crippen MR) is 370 cm³/mol. The Bertz CT molecular complexity index is 3300. The third-order valence-electron chi connectivity index (χ3n) is 19.0. The third kappa shape index (κ3) is 20.5. The molecule has 6 aromatic rings. The van der Waals surface area contributed by atoms with E-state index in [1.807, 2.05) is 124 Å². The summed E-state index contributed by atoms with van der Waals surface area (Å²) in [7, 11) is 0. The Hall–Kier alpha value is -8.01. The van der Waals surface area contributed by atoms with Gasteiger partial charge < -0.3 is 50.8 Å². The average molecular weight is 1270 g/mol. The van der Waals surface area contributed by atoms with Crippen molar-refractivity contribution in [2.75, 3.05) is 68.8 Å². The van der Waals surface area contributed by atoms with Crippen molar-refractivity contribution in [1.82, 2.24) is 15.1 Å². The van der Waals surface area contributed by atoms with Crippen LogP contribution >= 0.6 is 0 Å². The summed E-state index contributed by atoms with van der Waals surface area (Å²) in [5.74, 6) is 0.236. The van der Waals surface area contributed by atoms with Crippen molar-refractivity contribution >= 4 is 47.0 Å². The molecule has 6 fully saturated rings. The number of nitrogen functional groups attached to an aromatic ring is 1. The molecule has 2 saturated carbocycles. The number of hydrogen-bond donors (Lipinski definition) is 5. The molecule has 6 aliphatic rings. The van der Waals surface area contributed by atoms with Gasteiger partial charge in [-0.05, 0) is 168 Å². The van der Waals surface area contributed by atoms with E-state index < -0.39 is 29.2 Å². The van der Waals surface area contributed by atoms with Gasteiger partial charge in [-0.25, -0.2) is 9.59 Å². The highest BCUT2D eigenvalue weighted by molar-refractivity contribution is 5.94. The van der Waals surface area contributed by atoms with Crippen LogP contribution in [0.2, 0.25) is 0 Å². The van der Waals surface area contributed by atoms with Crippen LogP contribution in [-0.4, -0.2) is 109 Å². The standard InChI is InChI=1S/C28H36N2O3.C23H28N2O.C16H21NO4.C11H15NO/c1-28(2,3)33-27(32)30-18-24(22-12-8-5-9-13-22)25(19-30)26(31)29-23-16-14-21(15-17-23)20-10-6-4-7-11-20;26-23(22-16-24-15-21(22)19-9-5-2-6-10-19)25-20-13-11-18(12-14-20)17-7-3-1-4-8-17;1-16(2,3)21-15(20)17-9-12(13(10-17)14(18)19)11-7-5-4-6-8-11;12-11-3-1-9(2-4-11)10-5-7-13-8-6-10/h5,8-9,12-17,20,24-25H,4,6-7,10-11,18-19H2,1-3H3,(H,29,31);2,5-6,9-14,17,21-22,24H,1,3-4,7-8,15-16H2,(H,25,26);4-8,12-13H,9-10H2,1-3H3,(H,18,19);1-4,10H,5-8,12H2/t24-,25+;21-,22+;12-,13+;/m000./s1. The van der Waals surface area contributed by atoms with E-state index >= 15 is 0 Å². The lowest BCUT2D eigenvalue weighted by Gasteiger charge is -2.24. The number of nitrogens with two attached hydrogens (primary N) is 1. The Kier molecular flexibility index (Phi) is 24.8. The van der Waals surface area contributed by atoms with Crippen molar-refractivity contribution in [3.8, 4) is 0 Å². The van der Waals surface area contributed by atoms with Gasteiger partial charge in [0.05, 0.1) is 17.8 Å². The van der Waals surface area contributed by atoms with Crippen LogP contribution in [0.1, 0.15) is 187 Å². The summed E-state index contributed by atoms with van der Waals surface area (Å²) in [4.78, 5) is 65.6. The fourth-order valence-electron chi connectivity index (χ4n) is 14.0. The van der Waals surface area contributed by atoms with Gasteiger partial charge in [-0.15, -0.1) is 0 Å². The van der Waals surface area contributed by atoms with Gasteiger partial charge in [0.25, 0.3) is 0 Å². The Labute approximate surface area is 551 Å². The molecule has 496 valence electrons. The molecule has 0 radical (unpaired) electrons. The van der Waals surface area contributed by atoms with Gasteiger partial charge in [0.15, 0.2) is 0 Å². The number of carbonyl (C=O) groups is 5. The van der Waals surface area contributed by atoms with Crippen LogP contribution in [-0.2, 0) is 28.6 Å². The molecule has 4 amide bonds. The summed E-state index contributed by atoms with van der Waals surface area (Å²) in [6.07, 6.45) is 14.6. The number of carboxylic acid groups (broad SMARTS) is 1. The first-order chi connectivity index (χ1) is 44.7. The first-order valence-electron chi connectivity index (χ1n) is 34.0. The molecule has 12 rings (SSSR count). The third-order valence-corrected chi connectivity index (χ3v) is 19.0. The van der Waals surface area contributed by atoms with E-state index in [-0.39, 0.29) is 54.0 Å². The summed E-state index contributed by atoms with van der Waals surface area (Å²) in [6.45, 7) is 15.7. The van der Waals surface area contributed by atoms with Crippen molar-refractivity contribution in [1.29, 1.82) is 0 Å². The number of benzene rings is 6.